The van der Waals surface area contributed by atoms with E-state index in [-0.39, 0.29) is 23.6 Å². The van der Waals surface area contributed by atoms with Crippen LogP contribution in [0.1, 0.15) is 45.5 Å². The van der Waals surface area contributed by atoms with E-state index >= 15 is 0 Å². The molecule has 4 aromatic carbocycles. The third kappa shape index (κ3) is 6.19. The van der Waals surface area contributed by atoms with Gasteiger partial charge >= 0.3 is 0 Å². The Labute approximate surface area is 271 Å². The maximum atomic E-state index is 10.7. The zero-order chi connectivity index (χ0) is 32.6. The maximum absolute atomic E-state index is 10.7. The van der Waals surface area contributed by atoms with Crippen LogP contribution in [-0.2, 0) is 25.7 Å². The first-order chi connectivity index (χ1) is 22.1. The molecule has 242 valence electrons. The lowest BCUT2D eigenvalue weighted by molar-refractivity contribution is -0.923. The minimum absolute atomic E-state index is 0.0952. The number of phenolic OH excluding ortho intramolecular Hbond substituents is 2. The highest BCUT2D eigenvalue weighted by atomic mass is 16.5. The summed E-state index contributed by atoms with van der Waals surface area (Å²) in [5.74, 6) is 3.36. The number of rotatable bonds is 9. The van der Waals surface area contributed by atoms with Gasteiger partial charge in [-0.05, 0) is 96.2 Å². The van der Waals surface area contributed by atoms with E-state index in [1.807, 2.05) is 36.4 Å². The number of nitrogens with zero attached hydrogens (tertiary/aromatic N) is 2. The molecule has 46 heavy (non-hydrogen) atoms. The Morgan fingerprint density at radius 2 is 1.35 bits per heavy atom. The fourth-order valence-electron chi connectivity index (χ4n) is 7.07. The van der Waals surface area contributed by atoms with Gasteiger partial charge in [0.1, 0.15) is 11.8 Å². The van der Waals surface area contributed by atoms with Crippen LogP contribution >= 0.6 is 0 Å². The number of methoxy groups -OCH3 is 3. The quantitative estimate of drug-likeness (QED) is 0.203. The molecule has 0 saturated carbocycles. The average molecular weight is 626 g/mol. The van der Waals surface area contributed by atoms with Gasteiger partial charge in [-0.1, -0.05) is 18.2 Å². The minimum Gasteiger partial charge on any atom is -0.504 e. The minimum atomic E-state index is 0.0952. The molecule has 0 amide bonds. The lowest BCUT2D eigenvalue weighted by atomic mass is 9.87. The first kappa shape index (κ1) is 31.6. The van der Waals surface area contributed by atoms with Crippen LogP contribution in [0.3, 0.4) is 0 Å². The van der Waals surface area contributed by atoms with E-state index in [4.69, 9.17) is 18.9 Å². The van der Waals surface area contributed by atoms with Crippen molar-refractivity contribution in [2.45, 2.75) is 37.8 Å². The lowest BCUT2D eigenvalue weighted by Crippen LogP contribution is -2.48. The van der Waals surface area contributed by atoms with E-state index in [1.165, 1.54) is 22.3 Å². The molecule has 0 unspecified atom stereocenters. The SMILES string of the molecule is COc1cc2c(cc1O)[C@@H](Cc1ccc(O)c(Oc3ccc(C[C@@H]4c5cc(OC)c(OC)cc5CCN4C)cc3)c1)[N+](C)(C)CC2. The molecule has 0 saturated heterocycles. The number of phenols is 2. The van der Waals surface area contributed by atoms with Crippen molar-refractivity contribution in [3.05, 3.63) is 100 Å². The zero-order valence-electron chi connectivity index (χ0n) is 27.7. The van der Waals surface area contributed by atoms with Gasteiger partial charge in [-0.25, -0.2) is 0 Å². The number of aromatic hydroxyl groups is 2. The van der Waals surface area contributed by atoms with Gasteiger partial charge in [0.2, 0.25) is 0 Å². The third-order valence-electron chi connectivity index (χ3n) is 9.90. The van der Waals surface area contributed by atoms with Crippen LogP contribution in [0.4, 0.5) is 0 Å². The first-order valence-electron chi connectivity index (χ1n) is 15.9. The topological polar surface area (TPSA) is 80.6 Å². The molecule has 2 heterocycles. The summed E-state index contributed by atoms with van der Waals surface area (Å²) >= 11 is 0. The standard InChI is InChI=1S/C38H44N2O6/c1-39-15-13-26-21-37(44-5)38(45-6)23-29(26)31(39)17-24-7-10-28(11-8-24)46-36-19-25(9-12-33(36)41)18-32-30-22-34(42)35(43-4)20-27(30)14-16-40(32,2)3/h7-12,19-23,31-32H,13-18H2,1-6H3,(H-,41,42)/p+1/t31-,32-/m1/s1. The molecule has 0 aliphatic carbocycles. The van der Waals surface area contributed by atoms with Crippen molar-refractivity contribution in [3.8, 4) is 40.2 Å². The molecule has 8 heteroatoms. The Morgan fingerprint density at radius 1 is 0.696 bits per heavy atom. The highest BCUT2D eigenvalue weighted by Gasteiger charge is 2.37. The first-order valence-corrected chi connectivity index (χ1v) is 15.9. The molecule has 2 aliphatic heterocycles. The van der Waals surface area contributed by atoms with Gasteiger partial charge in [0, 0.05) is 31.0 Å². The predicted octanol–water partition coefficient (Wildman–Crippen LogP) is 6.60. The van der Waals surface area contributed by atoms with Gasteiger partial charge in [-0.15, -0.1) is 0 Å². The fourth-order valence-corrected chi connectivity index (χ4v) is 7.07. The summed E-state index contributed by atoms with van der Waals surface area (Å²) in [5.41, 5.74) is 7.14. The van der Waals surface area contributed by atoms with Crippen molar-refractivity contribution < 1.29 is 33.6 Å². The van der Waals surface area contributed by atoms with Gasteiger partial charge in [0.25, 0.3) is 0 Å². The zero-order valence-corrected chi connectivity index (χ0v) is 27.7. The average Bonchev–Trinajstić information content (AvgIpc) is 3.05. The number of hydrogen-bond acceptors (Lipinski definition) is 7. The van der Waals surface area contributed by atoms with E-state index in [2.05, 4.69) is 50.3 Å². The molecule has 2 aliphatic rings. The van der Waals surface area contributed by atoms with Crippen LogP contribution in [0.2, 0.25) is 0 Å². The number of fused-ring (bicyclic) bond motifs is 2. The number of hydrogen-bond donors (Lipinski definition) is 2. The van der Waals surface area contributed by atoms with E-state index in [0.29, 0.717) is 17.2 Å². The molecule has 8 nitrogen and oxygen atoms in total. The van der Waals surface area contributed by atoms with E-state index in [0.717, 1.165) is 65.9 Å². The summed E-state index contributed by atoms with van der Waals surface area (Å²) in [5, 5.41) is 21.3. The van der Waals surface area contributed by atoms with Gasteiger partial charge in [0.05, 0.1) is 42.0 Å². The van der Waals surface area contributed by atoms with Gasteiger partial charge in [-0.3, -0.25) is 4.90 Å². The molecule has 6 rings (SSSR count). The van der Waals surface area contributed by atoms with E-state index in [1.54, 1.807) is 27.4 Å². The third-order valence-corrected chi connectivity index (χ3v) is 9.90. The monoisotopic (exact) mass is 625 g/mol. The molecule has 2 N–H and O–H groups in total. The molecule has 4 aromatic rings. The smallest absolute Gasteiger partial charge is 0.169 e. The second kappa shape index (κ2) is 12.8. The van der Waals surface area contributed by atoms with Crippen molar-refractivity contribution in [3.63, 3.8) is 0 Å². The van der Waals surface area contributed by atoms with Crippen molar-refractivity contribution >= 4 is 0 Å². The van der Waals surface area contributed by atoms with Crippen molar-refractivity contribution in [1.29, 1.82) is 0 Å². The summed E-state index contributed by atoms with van der Waals surface area (Å²) in [4.78, 5) is 2.39. The van der Waals surface area contributed by atoms with Crippen LogP contribution in [0.5, 0.6) is 40.2 Å². The summed E-state index contributed by atoms with van der Waals surface area (Å²) in [6, 6.07) is 22.1. The van der Waals surface area contributed by atoms with E-state index < -0.39 is 0 Å². The second-order valence-electron chi connectivity index (χ2n) is 13.1. The Balaban J connectivity index is 1.19. The molecule has 0 spiro atoms. The van der Waals surface area contributed by atoms with Crippen LogP contribution in [0.25, 0.3) is 0 Å². The number of benzene rings is 4. The molecule has 2 atom stereocenters. The van der Waals surface area contributed by atoms with Crippen LogP contribution in [-0.4, -0.2) is 75.2 Å². The van der Waals surface area contributed by atoms with Gasteiger partial charge < -0.3 is 33.6 Å². The Bertz CT molecular complexity index is 1720. The highest BCUT2D eigenvalue weighted by molar-refractivity contribution is 5.51. The molecule has 0 bridgehead atoms. The summed E-state index contributed by atoms with van der Waals surface area (Å²) < 4.78 is 23.6. The van der Waals surface area contributed by atoms with Crippen LogP contribution in [0, 0.1) is 0 Å². The number of ether oxygens (including phenoxy) is 4. The fraction of sp³-hybridized carbons (Fsp3) is 0.368. The summed E-state index contributed by atoms with van der Waals surface area (Å²) in [6.45, 7) is 1.95. The van der Waals surface area contributed by atoms with Crippen LogP contribution in [0.15, 0.2) is 66.7 Å². The number of quaternary nitrogens is 1. The van der Waals surface area contributed by atoms with Gasteiger partial charge in [0.15, 0.2) is 34.5 Å². The largest absolute Gasteiger partial charge is 0.504 e. The Kier molecular flexibility index (Phi) is 8.77. The summed E-state index contributed by atoms with van der Waals surface area (Å²) in [6.07, 6.45) is 3.47. The highest BCUT2D eigenvalue weighted by Crippen LogP contribution is 2.43. The molecule has 0 aromatic heterocycles. The Hall–Kier alpha value is -4.40. The van der Waals surface area contributed by atoms with Crippen molar-refractivity contribution in [1.82, 2.24) is 4.90 Å². The lowest BCUT2D eigenvalue weighted by Gasteiger charge is -2.43. The normalized spacial score (nSPS) is 18.7. The van der Waals surface area contributed by atoms with Crippen LogP contribution < -0.4 is 18.9 Å². The van der Waals surface area contributed by atoms with Crippen molar-refractivity contribution in [2.24, 2.45) is 0 Å². The molecule has 0 fully saturated rings. The Morgan fingerprint density at radius 3 is 2.07 bits per heavy atom. The van der Waals surface area contributed by atoms with E-state index in [9.17, 15) is 10.2 Å². The summed E-state index contributed by atoms with van der Waals surface area (Å²) in [7, 11) is 11.6. The predicted molar refractivity (Wildman–Crippen MR) is 179 cm³/mol. The second-order valence-corrected chi connectivity index (χ2v) is 13.1. The van der Waals surface area contributed by atoms with Gasteiger partial charge in [-0.2, -0.15) is 0 Å². The van der Waals surface area contributed by atoms with Crippen molar-refractivity contribution in [2.75, 3.05) is 55.6 Å². The molecular weight excluding hydrogens is 580 g/mol. The maximum Gasteiger partial charge on any atom is 0.169 e. The number of likely N-dealkylation sites (N-methyl/N-ethyl adjacent to an activating group) is 2. The molecule has 0 radical (unpaired) electrons. The molecular formula is C38H45N2O6+.